The van der Waals surface area contributed by atoms with Crippen LogP contribution in [0.4, 0.5) is 5.13 Å². The van der Waals surface area contributed by atoms with Crippen molar-refractivity contribution in [3.63, 3.8) is 0 Å². The molecule has 0 radical (unpaired) electrons. The molecule has 36 heavy (non-hydrogen) atoms. The maximum atomic E-state index is 13.4. The molecular weight excluding hydrogens is 478 g/mol. The number of pyridine rings is 1. The number of rotatable bonds is 4. The predicted molar refractivity (Wildman–Crippen MR) is 135 cm³/mol. The van der Waals surface area contributed by atoms with E-state index < -0.39 is 17.7 Å². The van der Waals surface area contributed by atoms with Gasteiger partial charge in [0.05, 0.1) is 28.9 Å². The molecule has 1 amide bonds. The molecule has 0 spiro atoms. The van der Waals surface area contributed by atoms with Gasteiger partial charge in [-0.05, 0) is 60.5 Å². The van der Waals surface area contributed by atoms with Gasteiger partial charge in [-0.25, -0.2) is 4.98 Å². The number of benzene rings is 2. The van der Waals surface area contributed by atoms with Crippen molar-refractivity contribution in [1.29, 1.82) is 0 Å². The van der Waals surface area contributed by atoms with Gasteiger partial charge in [0.2, 0.25) is 0 Å². The quantitative estimate of drug-likeness (QED) is 0.248. The summed E-state index contributed by atoms with van der Waals surface area (Å²) < 4.78 is 11.9. The van der Waals surface area contributed by atoms with E-state index >= 15 is 0 Å². The molecule has 9 heteroatoms. The van der Waals surface area contributed by atoms with E-state index in [1.807, 2.05) is 19.1 Å². The molecule has 0 bridgehead atoms. The third kappa shape index (κ3) is 3.51. The van der Waals surface area contributed by atoms with Crippen molar-refractivity contribution in [3.8, 4) is 11.5 Å². The Morgan fingerprint density at radius 2 is 2.06 bits per heavy atom. The molecule has 2 atom stereocenters. The molecule has 2 aliphatic rings. The zero-order valence-corrected chi connectivity index (χ0v) is 20.3. The number of aliphatic hydroxyl groups excluding tert-OH is 1. The second-order valence-corrected chi connectivity index (χ2v) is 9.75. The van der Waals surface area contributed by atoms with Crippen molar-refractivity contribution in [2.24, 2.45) is 0 Å². The number of carbonyl (C=O) groups is 2. The summed E-state index contributed by atoms with van der Waals surface area (Å²) in [6, 6.07) is 13.3. The van der Waals surface area contributed by atoms with Crippen molar-refractivity contribution < 1.29 is 24.2 Å². The number of nitrogens with zero attached hydrogens (tertiary/aromatic N) is 3. The van der Waals surface area contributed by atoms with Crippen molar-refractivity contribution in [2.45, 2.75) is 25.5 Å². The van der Waals surface area contributed by atoms with Crippen LogP contribution in [0, 0.1) is 0 Å². The van der Waals surface area contributed by atoms with Crippen LogP contribution in [0.5, 0.6) is 11.5 Å². The van der Waals surface area contributed by atoms with Gasteiger partial charge in [0.15, 0.2) is 5.13 Å². The number of hydrogen-bond acceptors (Lipinski definition) is 8. The first-order valence-electron chi connectivity index (χ1n) is 11.4. The fourth-order valence-corrected chi connectivity index (χ4v) is 5.75. The summed E-state index contributed by atoms with van der Waals surface area (Å²) >= 11 is 1.27. The standard InChI is InChI=1S/C27H21N3O5S/c1-14-10-17-11-15(5-8-20(17)35-14)24(31)22-23(16-4-3-9-28-13-16)30(26(33)25(22)32)27-29-19-7-6-18(34-2)12-21(19)36-27/h3-9,11-14,23,31H,10H2,1-2H3/b24-22+/t14-,23-/m1/s1. The summed E-state index contributed by atoms with van der Waals surface area (Å²) in [5, 5.41) is 11.7. The number of carbonyl (C=O) groups excluding carboxylic acids is 2. The fraction of sp³-hybridized carbons (Fsp3) is 0.185. The number of ketones is 1. The van der Waals surface area contributed by atoms with Gasteiger partial charge in [0, 0.05) is 24.4 Å². The summed E-state index contributed by atoms with van der Waals surface area (Å²) in [7, 11) is 1.58. The number of Topliss-reactive ketones (excluding diaryl/α,β-unsaturated/α-hetero) is 1. The third-order valence-corrected chi connectivity index (χ3v) is 7.42. The van der Waals surface area contributed by atoms with E-state index in [-0.39, 0.29) is 17.4 Å². The van der Waals surface area contributed by atoms with E-state index in [0.717, 1.165) is 16.0 Å². The van der Waals surface area contributed by atoms with E-state index in [9.17, 15) is 14.7 Å². The first-order valence-corrected chi connectivity index (χ1v) is 12.2. The molecule has 1 fully saturated rings. The minimum Gasteiger partial charge on any atom is -0.507 e. The van der Waals surface area contributed by atoms with Crippen molar-refractivity contribution in [2.75, 3.05) is 12.0 Å². The van der Waals surface area contributed by atoms with Crippen LogP contribution in [0.3, 0.4) is 0 Å². The molecule has 2 aliphatic heterocycles. The lowest BCUT2D eigenvalue weighted by Crippen LogP contribution is -2.29. The van der Waals surface area contributed by atoms with Crippen LogP contribution in [0.15, 0.2) is 66.5 Å². The average molecular weight is 500 g/mol. The third-order valence-electron chi connectivity index (χ3n) is 6.40. The van der Waals surface area contributed by atoms with Gasteiger partial charge < -0.3 is 14.6 Å². The SMILES string of the molecule is COc1ccc2nc(N3C(=O)C(=O)/C(=C(/O)c4ccc5c(c4)C[C@@H](C)O5)[C@H]3c3cccnc3)sc2c1. The lowest BCUT2D eigenvalue weighted by molar-refractivity contribution is -0.132. The van der Waals surface area contributed by atoms with E-state index in [2.05, 4.69) is 9.97 Å². The van der Waals surface area contributed by atoms with Crippen molar-refractivity contribution in [1.82, 2.24) is 9.97 Å². The Kier molecular flexibility index (Phi) is 5.22. The number of anilines is 1. The summed E-state index contributed by atoms with van der Waals surface area (Å²) in [4.78, 5) is 37.0. The topological polar surface area (TPSA) is 102 Å². The summed E-state index contributed by atoms with van der Waals surface area (Å²) in [6.07, 6.45) is 3.94. The molecule has 8 nitrogen and oxygen atoms in total. The fourth-order valence-electron chi connectivity index (χ4n) is 4.73. The Bertz CT molecular complexity index is 1560. The number of ether oxygens (including phenoxy) is 2. The first kappa shape index (κ1) is 22.2. The number of hydrogen-bond donors (Lipinski definition) is 1. The average Bonchev–Trinajstić information content (AvgIpc) is 3.55. The second-order valence-electron chi connectivity index (χ2n) is 8.74. The molecule has 2 aromatic carbocycles. The van der Waals surface area contributed by atoms with Gasteiger partial charge in [-0.1, -0.05) is 17.4 Å². The first-order chi connectivity index (χ1) is 17.4. The molecule has 2 aromatic heterocycles. The lowest BCUT2D eigenvalue weighted by atomic mass is 9.95. The molecule has 180 valence electrons. The van der Waals surface area contributed by atoms with Crippen LogP contribution < -0.4 is 14.4 Å². The Hall–Kier alpha value is -4.24. The number of methoxy groups -OCH3 is 1. The predicted octanol–water partition coefficient (Wildman–Crippen LogP) is 4.65. The highest BCUT2D eigenvalue weighted by molar-refractivity contribution is 7.22. The van der Waals surface area contributed by atoms with E-state index in [1.54, 1.807) is 55.9 Å². The Morgan fingerprint density at radius 3 is 2.83 bits per heavy atom. The highest BCUT2D eigenvalue weighted by atomic mass is 32.1. The Labute approximate surface area is 210 Å². The molecule has 4 heterocycles. The number of thiazole rings is 1. The molecule has 4 aromatic rings. The molecule has 1 saturated heterocycles. The number of aromatic nitrogens is 2. The van der Waals surface area contributed by atoms with E-state index in [1.165, 1.54) is 16.2 Å². The lowest BCUT2D eigenvalue weighted by Gasteiger charge is -2.22. The van der Waals surface area contributed by atoms with Crippen LogP contribution in [-0.4, -0.2) is 40.0 Å². The molecule has 6 rings (SSSR count). The number of amides is 1. The minimum absolute atomic E-state index is 0.00301. The normalized spacial score (nSPS) is 20.6. The summed E-state index contributed by atoms with van der Waals surface area (Å²) in [5.41, 5.74) is 2.66. The Balaban J connectivity index is 1.52. The zero-order valence-electron chi connectivity index (χ0n) is 19.5. The maximum Gasteiger partial charge on any atom is 0.301 e. The molecule has 0 aliphatic carbocycles. The van der Waals surface area contributed by atoms with E-state index in [4.69, 9.17) is 9.47 Å². The molecular formula is C27H21N3O5S. The smallest absolute Gasteiger partial charge is 0.301 e. The van der Waals surface area contributed by atoms with Crippen LogP contribution in [0.2, 0.25) is 0 Å². The summed E-state index contributed by atoms with van der Waals surface area (Å²) in [6.45, 7) is 1.97. The van der Waals surface area contributed by atoms with Crippen LogP contribution >= 0.6 is 11.3 Å². The van der Waals surface area contributed by atoms with Gasteiger partial charge in [-0.15, -0.1) is 0 Å². The van der Waals surface area contributed by atoms with Crippen LogP contribution in [0.1, 0.15) is 29.7 Å². The van der Waals surface area contributed by atoms with Crippen molar-refractivity contribution >= 4 is 44.1 Å². The molecule has 1 N–H and O–H groups in total. The van der Waals surface area contributed by atoms with Gasteiger partial charge in [0.25, 0.3) is 5.78 Å². The molecule has 0 unspecified atom stereocenters. The van der Waals surface area contributed by atoms with Crippen LogP contribution in [-0.2, 0) is 16.0 Å². The van der Waals surface area contributed by atoms with E-state index in [0.29, 0.717) is 33.9 Å². The van der Waals surface area contributed by atoms with Crippen molar-refractivity contribution in [3.05, 3.63) is 83.2 Å². The van der Waals surface area contributed by atoms with Gasteiger partial charge in [-0.2, -0.15) is 0 Å². The molecule has 0 saturated carbocycles. The van der Waals surface area contributed by atoms with Gasteiger partial charge in [0.1, 0.15) is 23.4 Å². The highest BCUT2D eigenvalue weighted by Crippen LogP contribution is 2.45. The number of aliphatic hydroxyl groups is 1. The van der Waals surface area contributed by atoms with Crippen LogP contribution in [0.25, 0.3) is 16.0 Å². The zero-order chi connectivity index (χ0) is 25.0. The number of fused-ring (bicyclic) bond motifs is 2. The van der Waals surface area contributed by atoms with Gasteiger partial charge >= 0.3 is 5.91 Å². The highest BCUT2D eigenvalue weighted by Gasteiger charge is 2.48. The maximum absolute atomic E-state index is 13.4. The largest absolute Gasteiger partial charge is 0.507 e. The van der Waals surface area contributed by atoms with Gasteiger partial charge in [-0.3, -0.25) is 19.5 Å². The minimum atomic E-state index is -0.885. The monoisotopic (exact) mass is 499 g/mol. The Morgan fingerprint density at radius 1 is 1.19 bits per heavy atom. The second kappa shape index (κ2) is 8.46. The summed E-state index contributed by atoms with van der Waals surface area (Å²) in [5.74, 6) is -0.348.